The number of benzene rings is 1. The summed E-state index contributed by atoms with van der Waals surface area (Å²) in [5.74, 6) is -3.18. The number of hydrogen-bond donors (Lipinski definition) is 1. The molecule has 0 bridgehead atoms. The molecule has 122 valence electrons. The highest BCUT2D eigenvalue weighted by Gasteiger charge is 2.20. The van der Waals surface area contributed by atoms with Crippen LogP contribution in [-0.4, -0.2) is 16.6 Å². The number of halogens is 6. The lowest BCUT2D eigenvalue weighted by molar-refractivity contribution is 0.102. The summed E-state index contributed by atoms with van der Waals surface area (Å²) in [4.78, 5) is 16.3. The molecule has 0 aliphatic heterocycles. The van der Waals surface area contributed by atoms with Gasteiger partial charge in [0.15, 0.2) is 0 Å². The van der Waals surface area contributed by atoms with Gasteiger partial charge in [0, 0.05) is 10.6 Å². The molecule has 0 saturated heterocycles. The van der Waals surface area contributed by atoms with E-state index in [9.17, 15) is 13.6 Å². The first kappa shape index (κ1) is 18.5. The fourth-order valence-electron chi connectivity index (χ4n) is 1.55. The summed E-state index contributed by atoms with van der Waals surface area (Å²) in [7, 11) is 0. The molecule has 2 aromatic rings. The van der Waals surface area contributed by atoms with Crippen LogP contribution in [0.4, 0.5) is 14.5 Å². The summed E-state index contributed by atoms with van der Waals surface area (Å²) in [6.07, 6.45) is 0. The van der Waals surface area contributed by atoms with Crippen molar-refractivity contribution in [1.29, 1.82) is 0 Å². The third kappa shape index (κ3) is 4.61. The van der Waals surface area contributed by atoms with Crippen molar-refractivity contribution in [2.75, 3.05) is 5.32 Å². The first-order valence-corrected chi connectivity index (χ1v) is 8.25. The van der Waals surface area contributed by atoms with Gasteiger partial charge in [-0.2, -0.15) is 8.78 Å². The van der Waals surface area contributed by atoms with Crippen LogP contribution in [-0.2, 0) is 0 Å². The molecule has 1 amide bonds. The third-order valence-corrected chi connectivity index (χ3v) is 4.94. The molecule has 1 N–H and O–H groups in total. The quantitative estimate of drug-likeness (QED) is 0.471. The van der Waals surface area contributed by atoms with E-state index in [4.69, 9.17) is 46.4 Å². The molecule has 0 radical (unpaired) electrons. The smallest absolute Gasteiger partial charge is 0.288 e. The average molecular weight is 418 g/mol. The van der Waals surface area contributed by atoms with Crippen molar-refractivity contribution in [2.24, 2.45) is 0 Å². The maximum atomic E-state index is 12.2. The van der Waals surface area contributed by atoms with Crippen LogP contribution < -0.4 is 5.32 Å². The monoisotopic (exact) mass is 416 g/mol. The zero-order valence-electron chi connectivity index (χ0n) is 10.9. The van der Waals surface area contributed by atoms with Crippen molar-refractivity contribution in [2.45, 2.75) is 10.7 Å². The normalized spacial score (nSPS) is 10.9. The predicted molar refractivity (Wildman–Crippen MR) is 90.5 cm³/mol. The first-order valence-electron chi connectivity index (χ1n) is 5.85. The van der Waals surface area contributed by atoms with Gasteiger partial charge in [-0.15, -0.1) is 0 Å². The van der Waals surface area contributed by atoms with Crippen LogP contribution in [0, 0.1) is 0 Å². The number of thioether (sulfide) groups is 1. The van der Waals surface area contributed by atoms with Gasteiger partial charge in [0.05, 0.1) is 15.1 Å². The zero-order chi connectivity index (χ0) is 17.1. The molecule has 1 aromatic heterocycles. The van der Waals surface area contributed by atoms with Gasteiger partial charge in [-0.25, -0.2) is 4.98 Å². The molecular weight excluding hydrogens is 412 g/mol. The van der Waals surface area contributed by atoms with Gasteiger partial charge in [0.25, 0.3) is 11.7 Å². The summed E-state index contributed by atoms with van der Waals surface area (Å²) in [5.41, 5.74) is 0.172. The van der Waals surface area contributed by atoms with Crippen molar-refractivity contribution in [3.05, 3.63) is 50.2 Å². The Hall–Kier alpha value is -0.790. The van der Waals surface area contributed by atoms with Crippen molar-refractivity contribution in [1.82, 2.24) is 4.98 Å². The molecule has 1 heterocycles. The Morgan fingerprint density at radius 1 is 1.04 bits per heavy atom. The molecule has 0 atom stereocenters. The molecule has 2 rings (SSSR count). The summed E-state index contributed by atoms with van der Waals surface area (Å²) in [6, 6.07) is 5.83. The lowest BCUT2D eigenvalue weighted by Crippen LogP contribution is -2.14. The summed E-state index contributed by atoms with van der Waals surface area (Å²) in [5, 5.41) is 2.08. The van der Waals surface area contributed by atoms with Crippen LogP contribution in [0.15, 0.2) is 29.2 Å². The number of rotatable bonds is 4. The van der Waals surface area contributed by atoms with Gasteiger partial charge < -0.3 is 5.32 Å². The standard InChI is InChI=1S/C13H6Cl4F2N2OS/c14-7-8(15)10(21-11(17)9(7)16)12(22)20-5-1-3-6(4-2-5)23-13(18)19/h1-4,13H,(H,20,22). The fourth-order valence-corrected chi connectivity index (χ4v) is 2.86. The van der Waals surface area contributed by atoms with Gasteiger partial charge in [-0.1, -0.05) is 58.2 Å². The molecule has 0 fully saturated rings. The van der Waals surface area contributed by atoms with E-state index in [-0.39, 0.29) is 25.9 Å². The number of carbonyl (C=O) groups excluding carboxylic acids is 1. The maximum Gasteiger partial charge on any atom is 0.288 e. The van der Waals surface area contributed by atoms with Crippen LogP contribution in [0.1, 0.15) is 10.5 Å². The van der Waals surface area contributed by atoms with Crippen LogP contribution in [0.25, 0.3) is 0 Å². The van der Waals surface area contributed by atoms with E-state index in [1.165, 1.54) is 24.3 Å². The SMILES string of the molecule is O=C(Nc1ccc(SC(F)F)cc1)c1nc(Cl)c(Cl)c(Cl)c1Cl. The second-order valence-electron chi connectivity index (χ2n) is 4.05. The Kier molecular flexibility index (Phi) is 6.33. The maximum absolute atomic E-state index is 12.2. The lowest BCUT2D eigenvalue weighted by Gasteiger charge is -2.09. The highest BCUT2D eigenvalue weighted by atomic mass is 35.5. The fraction of sp³-hybridized carbons (Fsp3) is 0.0769. The largest absolute Gasteiger partial charge is 0.321 e. The van der Waals surface area contributed by atoms with E-state index >= 15 is 0 Å². The van der Waals surface area contributed by atoms with E-state index in [0.29, 0.717) is 22.3 Å². The number of hydrogen-bond acceptors (Lipinski definition) is 3. The molecule has 0 spiro atoms. The van der Waals surface area contributed by atoms with Gasteiger partial charge >= 0.3 is 0 Å². The molecule has 1 aromatic carbocycles. The molecule has 0 aliphatic rings. The molecule has 10 heteroatoms. The number of carbonyl (C=O) groups is 1. The summed E-state index contributed by atoms with van der Waals surface area (Å²) < 4.78 is 24.5. The minimum atomic E-state index is -2.52. The van der Waals surface area contributed by atoms with E-state index in [2.05, 4.69) is 10.3 Å². The van der Waals surface area contributed by atoms with Crippen molar-refractivity contribution in [3.63, 3.8) is 0 Å². The third-order valence-electron chi connectivity index (χ3n) is 2.54. The lowest BCUT2D eigenvalue weighted by atomic mass is 10.3. The topological polar surface area (TPSA) is 42.0 Å². The molecule has 0 unspecified atom stereocenters. The predicted octanol–water partition coefficient (Wildman–Crippen LogP) is 6.26. The van der Waals surface area contributed by atoms with Crippen molar-refractivity contribution in [3.8, 4) is 0 Å². The molecular formula is C13H6Cl4F2N2OS. The highest BCUT2D eigenvalue weighted by Crippen LogP contribution is 2.36. The molecule has 3 nitrogen and oxygen atoms in total. The van der Waals surface area contributed by atoms with Crippen molar-refractivity contribution >= 4 is 69.8 Å². The Balaban J connectivity index is 2.19. The highest BCUT2D eigenvalue weighted by molar-refractivity contribution is 7.99. The number of aromatic nitrogens is 1. The average Bonchev–Trinajstić information content (AvgIpc) is 2.50. The van der Waals surface area contributed by atoms with E-state index in [1.54, 1.807) is 0 Å². The number of alkyl halides is 2. The Morgan fingerprint density at radius 2 is 1.65 bits per heavy atom. The zero-order valence-corrected chi connectivity index (χ0v) is 14.8. The number of anilines is 1. The number of nitrogens with one attached hydrogen (secondary N) is 1. The van der Waals surface area contributed by atoms with Crippen LogP contribution >= 0.6 is 58.2 Å². The summed E-state index contributed by atoms with van der Waals surface area (Å²) in [6.45, 7) is 0. The minimum absolute atomic E-state index is 0.0525. The Morgan fingerprint density at radius 3 is 2.22 bits per heavy atom. The molecule has 0 saturated carbocycles. The summed E-state index contributed by atoms with van der Waals surface area (Å²) >= 11 is 23.7. The van der Waals surface area contributed by atoms with Crippen LogP contribution in [0.3, 0.4) is 0 Å². The van der Waals surface area contributed by atoms with Gasteiger partial charge in [-0.05, 0) is 24.3 Å². The van der Waals surface area contributed by atoms with E-state index in [0.717, 1.165) is 0 Å². The second kappa shape index (κ2) is 7.85. The van der Waals surface area contributed by atoms with Gasteiger partial charge in [-0.3, -0.25) is 4.79 Å². The van der Waals surface area contributed by atoms with Gasteiger partial charge in [0.1, 0.15) is 10.8 Å². The Labute approximate surface area is 154 Å². The first-order chi connectivity index (χ1) is 10.8. The van der Waals surface area contributed by atoms with Crippen molar-refractivity contribution < 1.29 is 13.6 Å². The second-order valence-corrected chi connectivity index (χ2v) is 6.61. The molecule has 23 heavy (non-hydrogen) atoms. The van der Waals surface area contributed by atoms with E-state index in [1.807, 2.05) is 0 Å². The van der Waals surface area contributed by atoms with Gasteiger partial charge in [0.2, 0.25) is 0 Å². The van der Waals surface area contributed by atoms with E-state index < -0.39 is 11.7 Å². The molecule has 0 aliphatic carbocycles. The number of pyridine rings is 1. The minimum Gasteiger partial charge on any atom is -0.321 e. The number of amides is 1. The Bertz CT molecular complexity index is 744. The number of nitrogens with zero attached hydrogens (tertiary/aromatic N) is 1. The van der Waals surface area contributed by atoms with Crippen LogP contribution in [0.5, 0.6) is 0 Å². The van der Waals surface area contributed by atoms with Crippen LogP contribution in [0.2, 0.25) is 20.2 Å².